The lowest BCUT2D eigenvalue weighted by Crippen LogP contribution is -2.23. The molecule has 0 bridgehead atoms. The number of ether oxygens (including phenoxy) is 2. The number of hydrogen-bond donors (Lipinski definition) is 2. The number of aryl methyl sites for hydroxylation is 1. The molecule has 6 nitrogen and oxygen atoms in total. The fourth-order valence-corrected chi connectivity index (χ4v) is 2.09. The van der Waals surface area contributed by atoms with Gasteiger partial charge >= 0.3 is 6.09 Å². The molecule has 20 heavy (non-hydrogen) atoms. The molecule has 2 heterocycles. The summed E-state index contributed by atoms with van der Waals surface area (Å²) in [7, 11) is 0. The van der Waals surface area contributed by atoms with Gasteiger partial charge in [0, 0.05) is 18.3 Å². The number of hydrogen-bond acceptors (Lipinski definition) is 5. The number of pyridine rings is 1. The van der Waals surface area contributed by atoms with Gasteiger partial charge in [-0.3, -0.25) is 4.98 Å². The van der Waals surface area contributed by atoms with Gasteiger partial charge in [0.1, 0.15) is 12.4 Å². The van der Waals surface area contributed by atoms with Gasteiger partial charge in [0.2, 0.25) is 0 Å². The van der Waals surface area contributed by atoms with Crippen molar-refractivity contribution in [1.82, 2.24) is 15.6 Å². The third-order valence-corrected chi connectivity index (χ3v) is 3.38. The number of aromatic nitrogens is 1. The highest BCUT2D eigenvalue weighted by Gasteiger charge is 2.24. The Morgan fingerprint density at radius 2 is 2.35 bits per heavy atom. The van der Waals surface area contributed by atoms with E-state index in [9.17, 15) is 4.79 Å². The summed E-state index contributed by atoms with van der Waals surface area (Å²) in [5.41, 5.74) is 1.88. The lowest BCUT2D eigenvalue weighted by Gasteiger charge is -2.14. The Labute approximate surface area is 117 Å². The molecule has 2 fully saturated rings. The van der Waals surface area contributed by atoms with E-state index in [1.165, 1.54) is 12.8 Å². The van der Waals surface area contributed by atoms with Crippen LogP contribution in [0.25, 0.3) is 0 Å². The number of nitrogens with zero attached hydrogens (tertiary/aromatic N) is 1. The third kappa shape index (κ3) is 3.39. The van der Waals surface area contributed by atoms with Gasteiger partial charge in [-0.25, -0.2) is 4.79 Å². The number of nitrogens with one attached hydrogen (secondary N) is 2. The molecule has 108 valence electrons. The first-order valence-electron chi connectivity index (χ1n) is 6.98. The molecular weight excluding hydrogens is 258 g/mol. The first-order chi connectivity index (χ1) is 9.70. The number of rotatable bonds is 6. The maximum atomic E-state index is 10.9. The largest absolute Gasteiger partial charge is 0.488 e. The minimum atomic E-state index is -0.378. The molecule has 2 aliphatic rings. The summed E-state index contributed by atoms with van der Waals surface area (Å²) in [5.74, 6) is 0.756. The molecule has 0 spiro atoms. The van der Waals surface area contributed by atoms with Crippen molar-refractivity contribution in [3.8, 4) is 5.75 Å². The van der Waals surface area contributed by atoms with Crippen LogP contribution in [-0.2, 0) is 11.3 Å². The number of alkyl carbamates (subject to hydrolysis) is 1. The van der Waals surface area contributed by atoms with E-state index in [1.807, 2.05) is 19.1 Å². The van der Waals surface area contributed by atoms with Crippen molar-refractivity contribution >= 4 is 6.09 Å². The normalized spacial score (nSPS) is 21.4. The zero-order chi connectivity index (χ0) is 13.9. The van der Waals surface area contributed by atoms with Gasteiger partial charge in [0.05, 0.1) is 12.2 Å². The van der Waals surface area contributed by atoms with Gasteiger partial charge < -0.3 is 20.1 Å². The zero-order valence-corrected chi connectivity index (χ0v) is 11.5. The Balaban J connectivity index is 1.59. The molecule has 1 amide bonds. The lowest BCUT2D eigenvalue weighted by atomic mass is 10.2. The van der Waals surface area contributed by atoms with E-state index < -0.39 is 0 Å². The second kappa shape index (κ2) is 5.66. The minimum Gasteiger partial charge on any atom is -0.488 e. The van der Waals surface area contributed by atoms with Gasteiger partial charge in [0.25, 0.3) is 0 Å². The summed E-state index contributed by atoms with van der Waals surface area (Å²) >= 11 is 0. The molecule has 1 aliphatic heterocycles. The van der Waals surface area contributed by atoms with E-state index in [0.717, 1.165) is 17.1 Å². The van der Waals surface area contributed by atoms with Crippen molar-refractivity contribution in [3.63, 3.8) is 0 Å². The predicted octanol–water partition coefficient (Wildman–Crippen LogP) is 1.13. The van der Waals surface area contributed by atoms with E-state index >= 15 is 0 Å². The summed E-state index contributed by atoms with van der Waals surface area (Å²) in [6.07, 6.45) is 1.88. The number of carbonyl (C=O) groups is 1. The van der Waals surface area contributed by atoms with Crippen molar-refractivity contribution in [3.05, 3.63) is 23.5 Å². The maximum absolute atomic E-state index is 10.9. The molecule has 1 saturated heterocycles. The molecule has 1 aromatic heterocycles. The standard InChI is InChI=1S/C14H19N3O3/c1-9-2-5-13(12(17-9)7-15-10-3-4-10)19-8-11-6-16-14(18)20-11/h2,5,10-11,15H,3-4,6-8H2,1H3,(H,16,18). The monoisotopic (exact) mass is 277 g/mol. The smallest absolute Gasteiger partial charge is 0.407 e. The van der Waals surface area contributed by atoms with Gasteiger partial charge in [-0.05, 0) is 31.9 Å². The third-order valence-electron chi connectivity index (χ3n) is 3.38. The molecule has 3 rings (SSSR count). The average molecular weight is 277 g/mol. The zero-order valence-electron chi connectivity index (χ0n) is 11.5. The summed E-state index contributed by atoms with van der Waals surface area (Å²) in [4.78, 5) is 15.5. The summed E-state index contributed by atoms with van der Waals surface area (Å²) in [6, 6.07) is 4.48. The van der Waals surface area contributed by atoms with E-state index in [4.69, 9.17) is 9.47 Å². The van der Waals surface area contributed by atoms with Crippen LogP contribution in [0.5, 0.6) is 5.75 Å². The molecule has 0 radical (unpaired) electrons. The van der Waals surface area contributed by atoms with Crippen LogP contribution in [0, 0.1) is 6.92 Å². The average Bonchev–Trinajstić information content (AvgIpc) is 3.17. The van der Waals surface area contributed by atoms with Gasteiger partial charge in [-0.2, -0.15) is 0 Å². The Bertz CT molecular complexity index is 502. The second-order valence-electron chi connectivity index (χ2n) is 5.27. The molecule has 1 atom stereocenters. The molecule has 0 aromatic carbocycles. The number of cyclic esters (lactones) is 1. The quantitative estimate of drug-likeness (QED) is 0.815. The summed E-state index contributed by atoms with van der Waals surface area (Å²) in [5, 5.41) is 6.04. The summed E-state index contributed by atoms with van der Waals surface area (Å²) < 4.78 is 10.8. The van der Waals surface area contributed by atoms with E-state index in [0.29, 0.717) is 25.7 Å². The van der Waals surface area contributed by atoms with Crippen LogP contribution in [0.3, 0.4) is 0 Å². The summed E-state index contributed by atoms with van der Waals surface area (Å²) in [6.45, 7) is 3.52. The number of amides is 1. The van der Waals surface area contributed by atoms with E-state index in [2.05, 4.69) is 15.6 Å². The first-order valence-corrected chi connectivity index (χ1v) is 6.98. The topological polar surface area (TPSA) is 72.5 Å². The first kappa shape index (κ1) is 13.2. The molecule has 1 unspecified atom stereocenters. The second-order valence-corrected chi connectivity index (χ2v) is 5.27. The van der Waals surface area contributed by atoms with Crippen LogP contribution in [0.2, 0.25) is 0 Å². The Kier molecular flexibility index (Phi) is 3.73. The van der Waals surface area contributed by atoms with E-state index in [1.54, 1.807) is 0 Å². The van der Waals surface area contributed by atoms with Crippen molar-refractivity contribution < 1.29 is 14.3 Å². The van der Waals surface area contributed by atoms with Crippen LogP contribution in [0.4, 0.5) is 4.79 Å². The molecule has 1 saturated carbocycles. The highest BCUT2D eigenvalue weighted by Crippen LogP contribution is 2.22. The molecule has 2 N–H and O–H groups in total. The Morgan fingerprint density at radius 3 is 3.05 bits per heavy atom. The van der Waals surface area contributed by atoms with Crippen molar-refractivity contribution in [2.75, 3.05) is 13.2 Å². The van der Waals surface area contributed by atoms with Crippen molar-refractivity contribution in [2.45, 2.75) is 38.5 Å². The van der Waals surface area contributed by atoms with Crippen LogP contribution in [0.15, 0.2) is 12.1 Å². The number of carbonyl (C=O) groups excluding carboxylic acids is 1. The van der Waals surface area contributed by atoms with Crippen LogP contribution >= 0.6 is 0 Å². The lowest BCUT2D eigenvalue weighted by molar-refractivity contribution is 0.104. The van der Waals surface area contributed by atoms with Gasteiger partial charge in [-0.15, -0.1) is 0 Å². The van der Waals surface area contributed by atoms with Crippen molar-refractivity contribution in [1.29, 1.82) is 0 Å². The highest BCUT2D eigenvalue weighted by atomic mass is 16.6. The van der Waals surface area contributed by atoms with Gasteiger partial charge in [0.15, 0.2) is 6.10 Å². The fraction of sp³-hybridized carbons (Fsp3) is 0.571. The van der Waals surface area contributed by atoms with Crippen LogP contribution in [-0.4, -0.2) is 36.4 Å². The van der Waals surface area contributed by atoms with E-state index in [-0.39, 0.29) is 12.2 Å². The van der Waals surface area contributed by atoms with Crippen LogP contribution in [0.1, 0.15) is 24.2 Å². The highest BCUT2D eigenvalue weighted by molar-refractivity contribution is 5.69. The molecular formula is C14H19N3O3. The van der Waals surface area contributed by atoms with Crippen molar-refractivity contribution in [2.24, 2.45) is 0 Å². The fourth-order valence-electron chi connectivity index (χ4n) is 2.09. The molecule has 1 aromatic rings. The maximum Gasteiger partial charge on any atom is 0.407 e. The predicted molar refractivity (Wildman–Crippen MR) is 72.6 cm³/mol. The Morgan fingerprint density at radius 1 is 1.50 bits per heavy atom. The molecule has 1 aliphatic carbocycles. The van der Waals surface area contributed by atoms with Gasteiger partial charge in [-0.1, -0.05) is 0 Å². The SMILES string of the molecule is Cc1ccc(OCC2CNC(=O)O2)c(CNC2CC2)n1. The van der Waals surface area contributed by atoms with Crippen LogP contribution < -0.4 is 15.4 Å². The minimum absolute atomic E-state index is 0.229. The molecule has 6 heteroatoms. The Hall–Kier alpha value is -1.82.